The Balaban J connectivity index is -0.000000508. The second-order valence-corrected chi connectivity index (χ2v) is 10.8. The molecule has 6 nitrogen and oxygen atoms in total. The van der Waals surface area contributed by atoms with E-state index in [1.807, 2.05) is 0 Å². The highest BCUT2D eigenvalue weighted by molar-refractivity contribution is 5.87. The maximum Gasteiger partial charge on any atom is 0.0786 e. The lowest BCUT2D eigenvalue weighted by Gasteiger charge is -2.38. The normalized spacial score (nSPS) is 11.5. The fraction of sp³-hybridized carbons (Fsp3) is 0.875. The molecule has 0 aliphatic rings. The molecule has 0 heterocycles. The highest BCUT2D eigenvalue weighted by Gasteiger charge is 2.23. The SMILES string of the molecule is CCCC[N+](CC)(CCCC)CCCC.CCCC[N+](CC)(CCCC)CCCC.O=C([O-])C=CC(=O)[O-]. The Bertz CT molecular complexity index is 472. The zero-order chi connectivity index (χ0) is 29.7. The lowest BCUT2D eigenvalue weighted by molar-refractivity contribution is -0.927. The molecule has 0 aliphatic carbocycles. The summed E-state index contributed by atoms with van der Waals surface area (Å²) in [7, 11) is 0. The Morgan fingerprint density at radius 1 is 0.447 bits per heavy atom. The molecule has 0 N–H and O–H groups in total. The number of nitrogens with zero attached hydrogens (tertiary/aromatic N) is 2. The molecule has 0 aromatic heterocycles. The third-order valence-electron chi connectivity index (χ3n) is 7.61. The maximum atomic E-state index is 9.41. The molecule has 0 fully saturated rings. The molecule has 0 aromatic carbocycles. The molecule has 0 atom stereocenters. The molecular weight excluding hydrogens is 476 g/mol. The molecule has 0 aromatic rings. The van der Waals surface area contributed by atoms with Crippen molar-refractivity contribution in [1.29, 1.82) is 0 Å². The monoisotopic (exact) mass is 543 g/mol. The first-order valence-corrected chi connectivity index (χ1v) is 15.9. The van der Waals surface area contributed by atoms with Crippen LogP contribution in [0.3, 0.4) is 0 Å². The lowest BCUT2D eigenvalue weighted by Crippen LogP contribution is -2.49. The van der Waals surface area contributed by atoms with Crippen LogP contribution in [-0.4, -0.2) is 73.3 Å². The number of carbonyl (C=O) groups is 2. The van der Waals surface area contributed by atoms with E-state index in [4.69, 9.17) is 0 Å². The Kier molecular flexibility index (Phi) is 30.9. The zero-order valence-corrected chi connectivity index (χ0v) is 26.8. The van der Waals surface area contributed by atoms with Gasteiger partial charge >= 0.3 is 0 Å². The summed E-state index contributed by atoms with van der Waals surface area (Å²) in [6.07, 6.45) is 17.3. The minimum Gasteiger partial charge on any atom is -0.545 e. The summed E-state index contributed by atoms with van der Waals surface area (Å²) in [5.41, 5.74) is 0. The van der Waals surface area contributed by atoms with E-state index < -0.39 is 11.9 Å². The van der Waals surface area contributed by atoms with Gasteiger partial charge in [-0.3, -0.25) is 0 Å². The van der Waals surface area contributed by atoms with Crippen molar-refractivity contribution in [3.05, 3.63) is 12.2 Å². The average molecular weight is 543 g/mol. The van der Waals surface area contributed by atoms with Crippen LogP contribution in [0.2, 0.25) is 0 Å². The van der Waals surface area contributed by atoms with E-state index in [9.17, 15) is 19.8 Å². The van der Waals surface area contributed by atoms with Crippen LogP contribution in [0.25, 0.3) is 0 Å². The van der Waals surface area contributed by atoms with Gasteiger partial charge in [0.1, 0.15) is 0 Å². The first-order valence-electron chi connectivity index (χ1n) is 15.9. The van der Waals surface area contributed by atoms with E-state index in [1.54, 1.807) is 0 Å². The van der Waals surface area contributed by atoms with Gasteiger partial charge in [0.2, 0.25) is 0 Å². The number of hydrogen-bond donors (Lipinski definition) is 0. The molecule has 228 valence electrons. The standard InChI is InChI=1S/2C14H32N.C4H4O4/c2*1-5-9-12-15(8-4,13-10-6-2)14-11-7-3;5-3(6)1-2-4(7)8/h2*5-14H2,1-4H3;1-2H,(H,5,6)(H,7,8)/q2*+1;/p-2. The van der Waals surface area contributed by atoms with Crippen LogP contribution < -0.4 is 10.2 Å². The number of hydrogen-bond acceptors (Lipinski definition) is 4. The zero-order valence-electron chi connectivity index (χ0n) is 26.8. The van der Waals surface area contributed by atoms with Gasteiger partial charge in [0, 0.05) is 0 Å². The Morgan fingerprint density at radius 2 is 0.632 bits per heavy atom. The van der Waals surface area contributed by atoms with E-state index in [-0.39, 0.29) is 0 Å². The van der Waals surface area contributed by atoms with E-state index in [0.717, 1.165) is 0 Å². The van der Waals surface area contributed by atoms with Crippen molar-refractivity contribution < 1.29 is 28.8 Å². The second kappa shape index (κ2) is 28.6. The van der Waals surface area contributed by atoms with Gasteiger partial charge in [-0.2, -0.15) is 0 Å². The van der Waals surface area contributed by atoms with Crippen LogP contribution in [0, 0.1) is 0 Å². The molecule has 0 radical (unpaired) electrons. The van der Waals surface area contributed by atoms with Gasteiger partial charge in [0.05, 0.1) is 64.3 Å². The summed E-state index contributed by atoms with van der Waals surface area (Å²) >= 11 is 0. The Hall–Kier alpha value is -1.40. The fourth-order valence-electron chi connectivity index (χ4n) is 4.72. The molecule has 0 bridgehead atoms. The van der Waals surface area contributed by atoms with Crippen molar-refractivity contribution in [1.82, 2.24) is 0 Å². The average Bonchev–Trinajstić information content (AvgIpc) is 2.92. The van der Waals surface area contributed by atoms with Gasteiger partial charge in [-0.15, -0.1) is 0 Å². The molecule has 0 rings (SSSR count). The molecule has 0 unspecified atom stereocenters. The number of unbranched alkanes of at least 4 members (excludes halogenated alkanes) is 6. The van der Waals surface area contributed by atoms with E-state index >= 15 is 0 Å². The predicted molar refractivity (Wildman–Crippen MR) is 159 cm³/mol. The number of rotatable bonds is 22. The molecule has 0 amide bonds. The first-order chi connectivity index (χ1) is 18.1. The van der Waals surface area contributed by atoms with Crippen molar-refractivity contribution in [2.45, 2.75) is 132 Å². The van der Waals surface area contributed by atoms with Gasteiger partial charge in [-0.05, 0) is 64.5 Å². The molecule has 0 aliphatic heterocycles. The predicted octanol–water partition coefficient (Wildman–Crippen LogP) is 5.49. The van der Waals surface area contributed by atoms with Crippen LogP contribution >= 0.6 is 0 Å². The molecular formula is C32H66N2O4. The third-order valence-corrected chi connectivity index (χ3v) is 7.61. The van der Waals surface area contributed by atoms with E-state index in [2.05, 4.69) is 55.4 Å². The van der Waals surface area contributed by atoms with Crippen LogP contribution in [0.5, 0.6) is 0 Å². The molecule has 0 saturated heterocycles. The number of quaternary nitrogens is 2. The van der Waals surface area contributed by atoms with Crippen LogP contribution in [0.15, 0.2) is 12.2 Å². The van der Waals surface area contributed by atoms with Crippen molar-refractivity contribution in [3.8, 4) is 0 Å². The van der Waals surface area contributed by atoms with E-state index in [0.29, 0.717) is 12.2 Å². The summed E-state index contributed by atoms with van der Waals surface area (Å²) < 4.78 is 2.77. The minimum absolute atomic E-state index is 0.384. The molecule has 0 spiro atoms. The van der Waals surface area contributed by atoms with Crippen molar-refractivity contribution in [2.24, 2.45) is 0 Å². The van der Waals surface area contributed by atoms with Crippen LogP contribution in [-0.2, 0) is 9.59 Å². The Morgan fingerprint density at radius 3 is 0.737 bits per heavy atom. The fourth-order valence-corrected chi connectivity index (χ4v) is 4.72. The van der Waals surface area contributed by atoms with Gasteiger partial charge in [0.25, 0.3) is 0 Å². The van der Waals surface area contributed by atoms with Gasteiger partial charge < -0.3 is 28.8 Å². The number of carboxylic acids is 2. The largest absolute Gasteiger partial charge is 0.545 e. The lowest BCUT2D eigenvalue weighted by atomic mass is 10.1. The minimum atomic E-state index is -1.55. The van der Waals surface area contributed by atoms with Crippen molar-refractivity contribution in [3.63, 3.8) is 0 Å². The van der Waals surface area contributed by atoms with Gasteiger partial charge in [-0.25, -0.2) is 0 Å². The van der Waals surface area contributed by atoms with Gasteiger partial charge in [-0.1, -0.05) is 80.1 Å². The Labute approximate surface area is 237 Å². The summed E-state index contributed by atoms with van der Waals surface area (Å²) in [6.45, 7) is 29.7. The quantitative estimate of drug-likeness (QED) is 0.134. The summed E-state index contributed by atoms with van der Waals surface area (Å²) in [6, 6.07) is 0. The van der Waals surface area contributed by atoms with Crippen LogP contribution in [0.4, 0.5) is 0 Å². The van der Waals surface area contributed by atoms with E-state index in [1.165, 1.54) is 138 Å². The smallest absolute Gasteiger partial charge is 0.0786 e. The number of aliphatic carboxylic acids is 2. The van der Waals surface area contributed by atoms with Crippen LogP contribution in [0.1, 0.15) is 132 Å². The maximum absolute atomic E-state index is 9.41. The summed E-state index contributed by atoms with van der Waals surface area (Å²) in [4.78, 5) is 18.8. The number of carboxylic acid groups (broad SMARTS) is 2. The topological polar surface area (TPSA) is 80.3 Å². The summed E-state index contributed by atoms with van der Waals surface area (Å²) in [5.74, 6) is -3.09. The number of carbonyl (C=O) groups excluding carboxylic acids is 2. The highest BCUT2D eigenvalue weighted by Crippen LogP contribution is 2.15. The van der Waals surface area contributed by atoms with Crippen molar-refractivity contribution >= 4 is 11.9 Å². The first kappa shape index (κ1) is 41.1. The molecule has 38 heavy (non-hydrogen) atoms. The van der Waals surface area contributed by atoms with Crippen molar-refractivity contribution in [2.75, 3.05) is 52.4 Å². The highest BCUT2D eigenvalue weighted by atomic mass is 16.4. The molecule has 6 heteroatoms. The molecule has 0 saturated carbocycles. The second-order valence-electron chi connectivity index (χ2n) is 10.8. The van der Waals surface area contributed by atoms with Gasteiger partial charge in [0.15, 0.2) is 0 Å². The summed E-state index contributed by atoms with van der Waals surface area (Å²) in [5, 5.41) is 18.8. The third kappa shape index (κ3) is 24.9.